The summed E-state index contributed by atoms with van der Waals surface area (Å²) in [7, 11) is 0. The lowest BCUT2D eigenvalue weighted by molar-refractivity contribution is 0.0766. The minimum Gasteiger partial charge on any atom is -0.339 e. The molecule has 0 N–H and O–H groups in total. The van der Waals surface area contributed by atoms with Crippen molar-refractivity contribution in [2.75, 3.05) is 32.7 Å². The van der Waals surface area contributed by atoms with Gasteiger partial charge in [-0.2, -0.15) is 4.98 Å². The van der Waals surface area contributed by atoms with E-state index in [2.05, 4.69) is 22.0 Å². The van der Waals surface area contributed by atoms with E-state index in [0.717, 1.165) is 38.2 Å². The van der Waals surface area contributed by atoms with E-state index in [9.17, 15) is 4.79 Å². The van der Waals surface area contributed by atoms with Gasteiger partial charge in [0, 0.05) is 25.2 Å². The topological polar surface area (TPSA) is 62.5 Å². The molecular formula is C19H24N4O2. The lowest BCUT2D eigenvalue weighted by Gasteiger charge is -2.41. The summed E-state index contributed by atoms with van der Waals surface area (Å²) in [5.41, 5.74) is 0.491. The SMILES string of the molecule is CCN1CC[C@H]2CN(C(=O)c3ccccc3)C[C@@]2(c2nc(C)no2)C1. The Labute approximate surface area is 147 Å². The first-order valence-corrected chi connectivity index (χ1v) is 9.00. The molecule has 0 radical (unpaired) electrons. The van der Waals surface area contributed by atoms with E-state index in [1.807, 2.05) is 42.2 Å². The Hall–Kier alpha value is -2.21. The van der Waals surface area contributed by atoms with Crippen molar-refractivity contribution in [1.82, 2.24) is 19.9 Å². The number of amides is 1. The third-order valence-corrected chi connectivity index (χ3v) is 5.70. The largest absolute Gasteiger partial charge is 0.339 e. The quantitative estimate of drug-likeness (QED) is 0.856. The van der Waals surface area contributed by atoms with Crippen LogP contribution in [-0.2, 0) is 5.41 Å². The van der Waals surface area contributed by atoms with Crippen LogP contribution in [0.1, 0.15) is 35.4 Å². The number of aryl methyl sites for hydroxylation is 1. The molecule has 3 heterocycles. The third-order valence-electron chi connectivity index (χ3n) is 5.70. The van der Waals surface area contributed by atoms with Crippen LogP contribution in [0.3, 0.4) is 0 Å². The van der Waals surface area contributed by atoms with E-state index in [0.29, 0.717) is 24.2 Å². The number of piperidine rings is 1. The van der Waals surface area contributed by atoms with Crippen LogP contribution < -0.4 is 0 Å². The average molecular weight is 340 g/mol. The number of nitrogens with zero attached hydrogens (tertiary/aromatic N) is 4. The van der Waals surface area contributed by atoms with Crippen LogP contribution in [0.2, 0.25) is 0 Å². The molecule has 132 valence electrons. The zero-order valence-electron chi connectivity index (χ0n) is 14.8. The summed E-state index contributed by atoms with van der Waals surface area (Å²) in [5, 5.41) is 4.02. The molecule has 4 rings (SSSR count). The van der Waals surface area contributed by atoms with Crippen LogP contribution in [0.15, 0.2) is 34.9 Å². The second-order valence-electron chi connectivity index (χ2n) is 7.21. The molecule has 1 amide bonds. The summed E-state index contributed by atoms with van der Waals surface area (Å²) in [6.45, 7) is 8.35. The van der Waals surface area contributed by atoms with Gasteiger partial charge in [-0.3, -0.25) is 4.79 Å². The lowest BCUT2D eigenvalue weighted by atomic mass is 9.73. The van der Waals surface area contributed by atoms with Gasteiger partial charge < -0.3 is 14.3 Å². The first kappa shape index (κ1) is 16.3. The highest BCUT2D eigenvalue weighted by Gasteiger charge is 2.55. The van der Waals surface area contributed by atoms with Crippen LogP contribution in [0.25, 0.3) is 0 Å². The van der Waals surface area contributed by atoms with Crippen LogP contribution in [0.4, 0.5) is 0 Å². The van der Waals surface area contributed by atoms with Gasteiger partial charge in [-0.25, -0.2) is 0 Å². The normalized spacial score (nSPS) is 26.6. The summed E-state index contributed by atoms with van der Waals surface area (Å²) in [6, 6.07) is 9.51. The fourth-order valence-electron chi connectivity index (χ4n) is 4.34. The van der Waals surface area contributed by atoms with Gasteiger partial charge in [-0.05, 0) is 44.5 Å². The Morgan fingerprint density at radius 1 is 1.32 bits per heavy atom. The second-order valence-corrected chi connectivity index (χ2v) is 7.21. The molecule has 2 saturated heterocycles. The van der Waals surface area contributed by atoms with E-state index in [-0.39, 0.29) is 11.3 Å². The van der Waals surface area contributed by atoms with Crippen molar-refractivity contribution in [3.63, 3.8) is 0 Å². The highest BCUT2D eigenvalue weighted by Crippen LogP contribution is 2.44. The number of fused-ring (bicyclic) bond motifs is 1. The monoisotopic (exact) mass is 340 g/mol. The van der Waals surface area contributed by atoms with Gasteiger partial charge in [0.25, 0.3) is 5.91 Å². The highest BCUT2D eigenvalue weighted by molar-refractivity contribution is 5.94. The number of hydrogen-bond acceptors (Lipinski definition) is 5. The zero-order valence-corrected chi connectivity index (χ0v) is 14.8. The molecule has 1 aromatic carbocycles. The standard InChI is InChI=1S/C19H24N4O2/c1-3-22-10-9-16-11-23(17(24)15-7-5-4-6-8-15)13-19(16,12-22)18-20-14(2)21-25-18/h4-8,16H,3,9-13H2,1-2H3/t16-,19-/m0/s1. The number of likely N-dealkylation sites (tertiary alicyclic amines) is 2. The molecule has 25 heavy (non-hydrogen) atoms. The number of aromatic nitrogens is 2. The maximum atomic E-state index is 13.0. The summed E-state index contributed by atoms with van der Waals surface area (Å²) < 4.78 is 5.61. The third kappa shape index (κ3) is 2.74. The Morgan fingerprint density at radius 3 is 2.80 bits per heavy atom. The smallest absolute Gasteiger partial charge is 0.253 e. The molecular weight excluding hydrogens is 316 g/mol. The van der Waals surface area contributed by atoms with Crippen molar-refractivity contribution < 1.29 is 9.32 Å². The molecule has 0 saturated carbocycles. The van der Waals surface area contributed by atoms with Gasteiger partial charge in [-0.15, -0.1) is 0 Å². The molecule has 2 aliphatic rings. The van der Waals surface area contributed by atoms with E-state index in [1.165, 1.54) is 0 Å². The fraction of sp³-hybridized carbons (Fsp3) is 0.526. The van der Waals surface area contributed by atoms with Crippen molar-refractivity contribution in [3.05, 3.63) is 47.6 Å². The van der Waals surface area contributed by atoms with Gasteiger partial charge >= 0.3 is 0 Å². The Bertz CT molecular complexity index is 760. The Kier molecular flexibility index (Phi) is 4.07. The molecule has 6 heteroatoms. The molecule has 2 aliphatic heterocycles. The maximum Gasteiger partial charge on any atom is 0.253 e. The van der Waals surface area contributed by atoms with Crippen molar-refractivity contribution in [1.29, 1.82) is 0 Å². The van der Waals surface area contributed by atoms with E-state index < -0.39 is 0 Å². The van der Waals surface area contributed by atoms with Gasteiger partial charge in [0.1, 0.15) is 0 Å². The lowest BCUT2D eigenvalue weighted by Crippen LogP contribution is -2.52. The molecule has 0 bridgehead atoms. The molecule has 2 atom stereocenters. The second kappa shape index (κ2) is 6.26. The van der Waals surface area contributed by atoms with Crippen LogP contribution >= 0.6 is 0 Å². The maximum absolute atomic E-state index is 13.0. The Morgan fingerprint density at radius 2 is 2.12 bits per heavy atom. The number of carbonyl (C=O) groups is 1. The predicted octanol–water partition coefficient (Wildman–Crippen LogP) is 2.11. The summed E-state index contributed by atoms with van der Waals surface area (Å²) in [4.78, 5) is 21.9. The minimum atomic E-state index is -0.250. The first-order chi connectivity index (χ1) is 12.1. The molecule has 6 nitrogen and oxygen atoms in total. The van der Waals surface area contributed by atoms with E-state index in [1.54, 1.807) is 0 Å². The zero-order chi connectivity index (χ0) is 17.4. The Balaban J connectivity index is 1.67. The van der Waals surface area contributed by atoms with Gasteiger partial charge in [0.05, 0.1) is 5.41 Å². The van der Waals surface area contributed by atoms with Crippen LogP contribution in [0, 0.1) is 12.8 Å². The van der Waals surface area contributed by atoms with Crippen LogP contribution in [-0.4, -0.2) is 58.6 Å². The highest BCUT2D eigenvalue weighted by atomic mass is 16.5. The molecule has 2 aromatic rings. The molecule has 2 fully saturated rings. The van der Waals surface area contributed by atoms with E-state index >= 15 is 0 Å². The predicted molar refractivity (Wildman–Crippen MR) is 93.3 cm³/mol. The average Bonchev–Trinajstić information content (AvgIpc) is 3.25. The summed E-state index contributed by atoms with van der Waals surface area (Å²) in [5.74, 6) is 1.80. The van der Waals surface area contributed by atoms with Crippen molar-refractivity contribution >= 4 is 5.91 Å². The number of likely N-dealkylation sites (N-methyl/N-ethyl adjacent to an activating group) is 1. The fourth-order valence-corrected chi connectivity index (χ4v) is 4.34. The minimum absolute atomic E-state index is 0.0914. The number of carbonyl (C=O) groups excluding carboxylic acids is 1. The summed E-state index contributed by atoms with van der Waals surface area (Å²) in [6.07, 6.45) is 1.05. The molecule has 1 aromatic heterocycles. The molecule has 0 spiro atoms. The first-order valence-electron chi connectivity index (χ1n) is 9.00. The number of rotatable bonds is 3. The van der Waals surface area contributed by atoms with Gasteiger partial charge in [-0.1, -0.05) is 30.3 Å². The number of benzene rings is 1. The van der Waals surface area contributed by atoms with Gasteiger partial charge in [0.2, 0.25) is 5.89 Å². The summed E-state index contributed by atoms with van der Waals surface area (Å²) >= 11 is 0. The van der Waals surface area contributed by atoms with Crippen molar-refractivity contribution in [2.24, 2.45) is 5.92 Å². The van der Waals surface area contributed by atoms with Gasteiger partial charge in [0.15, 0.2) is 5.82 Å². The van der Waals surface area contributed by atoms with Crippen LogP contribution in [0.5, 0.6) is 0 Å². The number of hydrogen-bond donors (Lipinski definition) is 0. The van der Waals surface area contributed by atoms with Crippen molar-refractivity contribution in [2.45, 2.75) is 25.7 Å². The van der Waals surface area contributed by atoms with Crippen molar-refractivity contribution in [3.8, 4) is 0 Å². The molecule has 0 aliphatic carbocycles. The molecule has 0 unspecified atom stereocenters. The van der Waals surface area contributed by atoms with E-state index in [4.69, 9.17) is 4.52 Å².